The van der Waals surface area contributed by atoms with Crippen LogP contribution in [0.5, 0.6) is 5.75 Å². The molecular weight excluding hydrogens is 234 g/mol. The number of hydrogen-bond acceptors (Lipinski definition) is 2. The molecule has 0 aromatic heterocycles. The zero-order chi connectivity index (χ0) is 13.8. The van der Waals surface area contributed by atoms with Gasteiger partial charge in [0.2, 0.25) is 0 Å². The SMILES string of the molecule is Cc1ccc(C(C)NCc2ccc(O)cc2)cc1C. The molecule has 0 aliphatic heterocycles. The molecule has 100 valence electrons. The summed E-state index contributed by atoms with van der Waals surface area (Å²) in [6.07, 6.45) is 0. The van der Waals surface area contributed by atoms with Crippen LogP contribution in [0.1, 0.15) is 35.2 Å². The van der Waals surface area contributed by atoms with Gasteiger partial charge in [0.15, 0.2) is 0 Å². The molecule has 2 aromatic carbocycles. The second-order valence-corrected chi connectivity index (χ2v) is 5.11. The number of nitrogens with one attached hydrogen (secondary N) is 1. The third-order valence-electron chi connectivity index (χ3n) is 3.58. The summed E-state index contributed by atoms with van der Waals surface area (Å²) in [6.45, 7) is 7.25. The number of phenolic OH excluding ortho intramolecular Hbond substituents is 1. The maximum Gasteiger partial charge on any atom is 0.115 e. The predicted octanol–water partition coefficient (Wildman–Crippen LogP) is 3.86. The topological polar surface area (TPSA) is 32.3 Å². The molecule has 0 fully saturated rings. The monoisotopic (exact) mass is 255 g/mol. The fraction of sp³-hybridized carbons (Fsp3) is 0.294. The largest absolute Gasteiger partial charge is 0.508 e. The second kappa shape index (κ2) is 5.89. The summed E-state index contributed by atoms with van der Waals surface area (Å²) >= 11 is 0. The van der Waals surface area contributed by atoms with Gasteiger partial charge in [0, 0.05) is 12.6 Å². The molecule has 2 aromatic rings. The van der Waals surface area contributed by atoms with Crippen molar-refractivity contribution in [2.24, 2.45) is 0 Å². The second-order valence-electron chi connectivity index (χ2n) is 5.11. The molecule has 2 rings (SSSR count). The summed E-state index contributed by atoms with van der Waals surface area (Å²) in [4.78, 5) is 0. The van der Waals surface area contributed by atoms with Crippen molar-refractivity contribution in [3.05, 3.63) is 64.7 Å². The van der Waals surface area contributed by atoms with Crippen LogP contribution in [0.2, 0.25) is 0 Å². The molecule has 0 radical (unpaired) electrons. The van der Waals surface area contributed by atoms with Gasteiger partial charge in [-0.1, -0.05) is 30.3 Å². The van der Waals surface area contributed by atoms with Gasteiger partial charge >= 0.3 is 0 Å². The Morgan fingerprint density at radius 3 is 2.32 bits per heavy atom. The predicted molar refractivity (Wildman–Crippen MR) is 79.3 cm³/mol. The molecule has 1 unspecified atom stereocenters. The molecular formula is C17H21NO. The van der Waals surface area contributed by atoms with Gasteiger partial charge < -0.3 is 10.4 Å². The Labute approximate surface area is 115 Å². The van der Waals surface area contributed by atoms with Gasteiger partial charge in [0.05, 0.1) is 0 Å². The van der Waals surface area contributed by atoms with Crippen LogP contribution < -0.4 is 5.32 Å². The van der Waals surface area contributed by atoms with Crippen LogP contribution in [-0.4, -0.2) is 5.11 Å². The van der Waals surface area contributed by atoms with Crippen LogP contribution in [0.4, 0.5) is 0 Å². The fourth-order valence-electron chi connectivity index (χ4n) is 2.04. The highest BCUT2D eigenvalue weighted by molar-refractivity contribution is 5.31. The van der Waals surface area contributed by atoms with Crippen molar-refractivity contribution in [3.63, 3.8) is 0 Å². The molecule has 1 atom stereocenters. The van der Waals surface area contributed by atoms with E-state index in [4.69, 9.17) is 0 Å². The number of benzene rings is 2. The van der Waals surface area contributed by atoms with Crippen LogP contribution in [0, 0.1) is 13.8 Å². The number of aryl methyl sites for hydroxylation is 2. The van der Waals surface area contributed by atoms with E-state index < -0.39 is 0 Å². The minimum absolute atomic E-state index is 0.311. The maximum absolute atomic E-state index is 9.25. The lowest BCUT2D eigenvalue weighted by atomic mass is 10.0. The van der Waals surface area contributed by atoms with Gasteiger partial charge in [-0.05, 0) is 55.2 Å². The van der Waals surface area contributed by atoms with Gasteiger partial charge in [0.25, 0.3) is 0 Å². The minimum atomic E-state index is 0.311. The summed E-state index contributed by atoms with van der Waals surface area (Å²) in [5, 5.41) is 12.7. The van der Waals surface area contributed by atoms with Crippen molar-refractivity contribution in [1.82, 2.24) is 5.32 Å². The van der Waals surface area contributed by atoms with Crippen LogP contribution in [0.15, 0.2) is 42.5 Å². The molecule has 0 aliphatic carbocycles. The lowest BCUT2D eigenvalue weighted by Crippen LogP contribution is -2.18. The molecule has 0 amide bonds. The first-order chi connectivity index (χ1) is 9.06. The molecule has 0 saturated heterocycles. The average molecular weight is 255 g/mol. The van der Waals surface area contributed by atoms with Crippen molar-refractivity contribution >= 4 is 0 Å². The van der Waals surface area contributed by atoms with E-state index in [9.17, 15) is 5.11 Å². The Morgan fingerprint density at radius 2 is 1.68 bits per heavy atom. The first-order valence-electron chi connectivity index (χ1n) is 6.64. The normalized spacial score (nSPS) is 12.4. The van der Waals surface area contributed by atoms with E-state index in [0.29, 0.717) is 11.8 Å². The first kappa shape index (κ1) is 13.6. The third kappa shape index (κ3) is 3.58. The Morgan fingerprint density at radius 1 is 1.00 bits per heavy atom. The van der Waals surface area contributed by atoms with Gasteiger partial charge in [-0.25, -0.2) is 0 Å². The lowest BCUT2D eigenvalue weighted by Gasteiger charge is -2.15. The summed E-state index contributed by atoms with van der Waals surface area (Å²) in [5.41, 5.74) is 5.14. The average Bonchev–Trinajstić information content (AvgIpc) is 2.41. The Kier molecular flexibility index (Phi) is 4.23. The molecule has 0 saturated carbocycles. The van der Waals surface area contributed by atoms with Crippen LogP contribution in [0.25, 0.3) is 0 Å². The number of rotatable bonds is 4. The van der Waals surface area contributed by atoms with Gasteiger partial charge in [-0.15, -0.1) is 0 Å². The van der Waals surface area contributed by atoms with Gasteiger partial charge in [0.1, 0.15) is 5.75 Å². The van der Waals surface area contributed by atoms with Crippen molar-refractivity contribution in [2.45, 2.75) is 33.4 Å². The maximum atomic E-state index is 9.25. The Bertz CT molecular complexity index is 546. The minimum Gasteiger partial charge on any atom is -0.508 e. The summed E-state index contributed by atoms with van der Waals surface area (Å²) in [7, 11) is 0. The molecule has 2 heteroatoms. The van der Waals surface area contributed by atoms with Crippen LogP contribution in [-0.2, 0) is 6.54 Å². The summed E-state index contributed by atoms with van der Waals surface area (Å²) in [5.74, 6) is 0.311. The third-order valence-corrected chi connectivity index (χ3v) is 3.58. The van der Waals surface area contributed by atoms with Crippen molar-refractivity contribution in [2.75, 3.05) is 0 Å². The van der Waals surface area contributed by atoms with Crippen LogP contribution in [0.3, 0.4) is 0 Å². The zero-order valence-electron chi connectivity index (χ0n) is 11.8. The number of aromatic hydroxyl groups is 1. The fourth-order valence-corrected chi connectivity index (χ4v) is 2.04. The highest BCUT2D eigenvalue weighted by atomic mass is 16.3. The highest BCUT2D eigenvalue weighted by Gasteiger charge is 2.06. The molecule has 0 heterocycles. The van der Waals surface area contributed by atoms with E-state index in [-0.39, 0.29) is 0 Å². The van der Waals surface area contributed by atoms with Crippen LogP contribution >= 0.6 is 0 Å². The van der Waals surface area contributed by atoms with E-state index in [1.807, 2.05) is 12.1 Å². The summed E-state index contributed by atoms with van der Waals surface area (Å²) < 4.78 is 0. The van der Waals surface area contributed by atoms with E-state index >= 15 is 0 Å². The van der Waals surface area contributed by atoms with Crippen molar-refractivity contribution in [3.8, 4) is 5.75 Å². The quantitative estimate of drug-likeness (QED) is 0.869. The van der Waals surface area contributed by atoms with Crippen molar-refractivity contribution in [1.29, 1.82) is 0 Å². The van der Waals surface area contributed by atoms with Gasteiger partial charge in [-0.2, -0.15) is 0 Å². The smallest absolute Gasteiger partial charge is 0.115 e. The molecule has 2 N–H and O–H groups in total. The highest BCUT2D eigenvalue weighted by Crippen LogP contribution is 2.17. The molecule has 0 spiro atoms. The molecule has 0 bridgehead atoms. The summed E-state index contributed by atoms with van der Waals surface area (Å²) in [6, 6.07) is 14.2. The van der Waals surface area contributed by atoms with Crippen molar-refractivity contribution < 1.29 is 5.11 Å². The molecule has 19 heavy (non-hydrogen) atoms. The Hall–Kier alpha value is -1.80. The molecule has 2 nitrogen and oxygen atoms in total. The standard InChI is InChI=1S/C17H21NO/c1-12-4-7-16(10-13(12)2)14(3)18-11-15-5-8-17(19)9-6-15/h4-10,14,18-19H,11H2,1-3H3. The lowest BCUT2D eigenvalue weighted by molar-refractivity contribution is 0.474. The number of phenols is 1. The first-order valence-corrected chi connectivity index (χ1v) is 6.64. The van der Waals surface area contributed by atoms with E-state index in [1.165, 1.54) is 22.3 Å². The van der Waals surface area contributed by atoms with Gasteiger partial charge in [-0.3, -0.25) is 0 Å². The van der Waals surface area contributed by atoms with E-state index in [2.05, 4.69) is 44.3 Å². The van der Waals surface area contributed by atoms with E-state index in [0.717, 1.165) is 6.54 Å². The van der Waals surface area contributed by atoms with E-state index in [1.54, 1.807) is 12.1 Å². The zero-order valence-corrected chi connectivity index (χ0v) is 11.8. The number of hydrogen-bond donors (Lipinski definition) is 2. The Balaban J connectivity index is 1.98. The molecule has 0 aliphatic rings.